The summed E-state index contributed by atoms with van der Waals surface area (Å²) < 4.78 is 5.70. The van der Waals surface area contributed by atoms with Gasteiger partial charge >= 0.3 is 12.2 Å². The van der Waals surface area contributed by atoms with Crippen LogP contribution in [0.4, 0.5) is 9.59 Å². The number of nitrogens with zero attached hydrogens (tertiary/aromatic N) is 2. The molecule has 2 N–H and O–H groups in total. The van der Waals surface area contributed by atoms with Gasteiger partial charge in [-0.05, 0) is 43.3 Å². The number of carboxylic acid groups (broad SMARTS) is 1. The molecule has 2 amide bonds. The van der Waals surface area contributed by atoms with E-state index in [2.05, 4.69) is 10.2 Å². The van der Waals surface area contributed by atoms with Gasteiger partial charge in [-0.2, -0.15) is 0 Å². The molecule has 0 saturated carbocycles. The Morgan fingerprint density at radius 2 is 2.08 bits per heavy atom. The van der Waals surface area contributed by atoms with Crippen molar-refractivity contribution in [1.29, 1.82) is 0 Å². The van der Waals surface area contributed by atoms with Gasteiger partial charge in [-0.3, -0.25) is 4.90 Å². The third-order valence-corrected chi connectivity index (χ3v) is 6.45. The van der Waals surface area contributed by atoms with Crippen LogP contribution in [-0.2, 0) is 10.3 Å². The fourth-order valence-corrected chi connectivity index (χ4v) is 4.86. The SMILES string of the molecule is O=C(NC1(c2cccs2)CN(C(=O)O)C1)O[C@H]1CN2CCC1CC2. The van der Waals surface area contributed by atoms with E-state index in [-0.39, 0.29) is 19.2 Å². The van der Waals surface area contributed by atoms with Crippen LogP contribution in [0, 0.1) is 5.92 Å². The van der Waals surface area contributed by atoms with Gasteiger partial charge in [-0.25, -0.2) is 9.59 Å². The molecule has 24 heavy (non-hydrogen) atoms. The van der Waals surface area contributed by atoms with Crippen molar-refractivity contribution in [2.75, 3.05) is 32.7 Å². The first-order chi connectivity index (χ1) is 11.6. The number of piperidine rings is 3. The zero-order chi connectivity index (χ0) is 16.7. The maximum atomic E-state index is 12.5. The average Bonchev–Trinajstić information content (AvgIpc) is 3.06. The summed E-state index contributed by atoms with van der Waals surface area (Å²) in [5, 5.41) is 14.0. The molecule has 130 valence electrons. The van der Waals surface area contributed by atoms with Crippen LogP contribution in [0.3, 0.4) is 0 Å². The Bertz CT molecular complexity index is 621. The largest absolute Gasteiger partial charge is 0.465 e. The van der Waals surface area contributed by atoms with Crippen LogP contribution in [0.2, 0.25) is 0 Å². The van der Waals surface area contributed by atoms with E-state index in [1.807, 2.05) is 17.5 Å². The van der Waals surface area contributed by atoms with Gasteiger partial charge in [0.1, 0.15) is 11.6 Å². The molecule has 0 radical (unpaired) electrons. The Balaban J connectivity index is 1.42. The molecule has 0 aliphatic carbocycles. The topological polar surface area (TPSA) is 82.1 Å². The number of rotatable bonds is 3. The maximum absolute atomic E-state index is 12.5. The summed E-state index contributed by atoms with van der Waals surface area (Å²) in [6, 6.07) is 3.84. The van der Waals surface area contributed by atoms with E-state index in [1.54, 1.807) is 0 Å². The van der Waals surface area contributed by atoms with Crippen molar-refractivity contribution in [3.05, 3.63) is 22.4 Å². The van der Waals surface area contributed by atoms with E-state index < -0.39 is 17.7 Å². The molecule has 8 heteroatoms. The summed E-state index contributed by atoms with van der Waals surface area (Å²) in [6.07, 6.45) is 0.715. The van der Waals surface area contributed by atoms with E-state index >= 15 is 0 Å². The summed E-state index contributed by atoms with van der Waals surface area (Å²) in [6.45, 7) is 3.53. The number of thiophene rings is 1. The number of likely N-dealkylation sites (tertiary alicyclic amines) is 1. The number of nitrogens with one attached hydrogen (secondary N) is 1. The van der Waals surface area contributed by atoms with Gasteiger partial charge in [-0.1, -0.05) is 6.07 Å². The molecule has 0 spiro atoms. The third-order valence-electron chi connectivity index (χ3n) is 5.38. The lowest BCUT2D eigenvalue weighted by Crippen LogP contribution is -2.68. The second kappa shape index (κ2) is 5.93. The van der Waals surface area contributed by atoms with Crippen molar-refractivity contribution in [3.63, 3.8) is 0 Å². The lowest BCUT2D eigenvalue weighted by atomic mass is 9.86. The van der Waals surface area contributed by atoms with Crippen molar-refractivity contribution in [3.8, 4) is 0 Å². The van der Waals surface area contributed by atoms with Gasteiger partial charge in [0.15, 0.2) is 0 Å². The fourth-order valence-electron chi connectivity index (χ4n) is 3.99. The standard InChI is InChI=1S/C16H21N3O4S/c20-14(23-12-8-18-5-3-11(12)4-6-18)17-16(13-2-1-7-24-13)9-19(10-16)15(21)22/h1-2,7,11-12H,3-6,8-10H2,(H,17,20)(H,21,22)/t12-/m0/s1. The normalized spacial score (nSPS) is 30.5. The minimum absolute atomic E-state index is 0.0523. The number of ether oxygens (including phenoxy) is 1. The van der Waals surface area contributed by atoms with Crippen molar-refractivity contribution >= 4 is 23.5 Å². The molecule has 1 atom stereocenters. The molecular weight excluding hydrogens is 330 g/mol. The maximum Gasteiger partial charge on any atom is 0.408 e. The zero-order valence-electron chi connectivity index (χ0n) is 13.3. The van der Waals surface area contributed by atoms with Crippen molar-refractivity contribution < 1.29 is 19.4 Å². The minimum atomic E-state index is -0.963. The van der Waals surface area contributed by atoms with Crippen LogP contribution < -0.4 is 5.32 Å². The molecular formula is C16H21N3O4S. The first kappa shape index (κ1) is 15.7. The molecule has 0 unspecified atom stereocenters. The van der Waals surface area contributed by atoms with Crippen LogP contribution >= 0.6 is 11.3 Å². The summed E-state index contributed by atoms with van der Waals surface area (Å²) >= 11 is 1.52. The summed E-state index contributed by atoms with van der Waals surface area (Å²) in [4.78, 5) is 28.2. The van der Waals surface area contributed by atoms with E-state index in [0.29, 0.717) is 5.92 Å². The van der Waals surface area contributed by atoms with Gasteiger partial charge < -0.3 is 20.1 Å². The van der Waals surface area contributed by atoms with E-state index in [0.717, 1.165) is 37.4 Å². The molecule has 2 bridgehead atoms. The highest BCUT2D eigenvalue weighted by molar-refractivity contribution is 7.10. The van der Waals surface area contributed by atoms with Crippen LogP contribution in [0.5, 0.6) is 0 Å². The highest BCUT2D eigenvalue weighted by Gasteiger charge is 2.49. The molecule has 5 heterocycles. The summed E-state index contributed by atoms with van der Waals surface area (Å²) in [5.74, 6) is 0.454. The van der Waals surface area contributed by atoms with Gasteiger partial charge in [0.25, 0.3) is 0 Å². The Hall–Kier alpha value is -1.80. The zero-order valence-corrected chi connectivity index (χ0v) is 14.1. The predicted octanol–water partition coefficient (Wildman–Crippen LogP) is 1.76. The lowest BCUT2D eigenvalue weighted by Gasteiger charge is -2.49. The fraction of sp³-hybridized carbons (Fsp3) is 0.625. The van der Waals surface area contributed by atoms with Gasteiger partial charge in [0.2, 0.25) is 0 Å². The van der Waals surface area contributed by atoms with Crippen molar-refractivity contribution in [2.45, 2.75) is 24.5 Å². The number of carbonyl (C=O) groups excluding carboxylic acids is 1. The molecule has 4 aliphatic rings. The Labute approximate surface area is 144 Å². The van der Waals surface area contributed by atoms with Gasteiger partial charge in [0.05, 0.1) is 13.1 Å². The Morgan fingerprint density at radius 1 is 1.33 bits per heavy atom. The van der Waals surface area contributed by atoms with Crippen molar-refractivity contribution in [1.82, 2.24) is 15.1 Å². The van der Waals surface area contributed by atoms with Crippen LogP contribution in [0.25, 0.3) is 0 Å². The van der Waals surface area contributed by atoms with E-state index in [1.165, 1.54) is 16.2 Å². The second-order valence-corrected chi connectivity index (χ2v) is 7.85. The summed E-state index contributed by atoms with van der Waals surface area (Å²) in [7, 11) is 0. The summed E-state index contributed by atoms with van der Waals surface area (Å²) in [5.41, 5.74) is -0.655. The molecule has 0 aromatic carbocycles. The van der Waals surface area contributed by atoms with Crippen LogP contribution in [0.1, 0.15) is 17.7 Å². The number of hydrogen-bond acceptors (Lipinski definition) is 5. The highest BCUT2D eigenvalue weighted by atomic mass is 32.1. The van der Waals surface area contributed by atoms with Crippen LogP contribution in [-0.4, -0.2) is 65.9 Å². The molecule has 5 rings (SSSR count). The highest BCUT2D eigenvalue weighted by Crippen LogP contribution is 2.35. The number of amides is 2. The molecule has 4 aliphatic heterocycles. The molecule has 7 nitrogen and oxygen atoms in total. The van der Waals surface area contributed by atoms with E-state index in [4.69, 9.17) is 9.84 Å². The third kappa shape index (κ3) is 2.73. The molecule has 4 saturated heterocycles. The van der Waals surface area contributed by atoms with Crippen molar-refractivity contribution in [2.24, 2.45) is 5.92 Å². The first-order valence-electron chi connectivity index (χ1n) is 8.29. The lowest BCUT2D eigenvalue weighted by molar-refractivity contribution is -0.0404. The van der Waals surface area contributed by atoms with Crippen LogP contribution in [0.15, 0.2) is 17.5 Å². The number of carbonyl (C=O) groups is 2. The molecule has 1 aromatic heterocycles. The number of alkyl carbamates (subject to hydrolysis) is 1. The van der Waals surface area contributed by atoms with Gasteiger partial charge in [0, 0.05) is 11.4 Å². The first-order valence-corrected chi connectivity index (χ1v) is 9.17. The Kier molecular flexibility index (Phi) is 3.88. The molecule has 1 aromatic rings. The quantitative estimate of drug-likeness (QED) is 0.867. The average molecular weight is 351 g/mol. The smallest absolute Gasteiger partial charge is 0.408 e. The number of fused-ring (bicyclic) bond motifs is 3. The minimum Gasteiger partial charge on any atom is -0.465 e. The Morgan fingerprint density at radius 3 is 2.62 bits per heavy atom. The second-order valence-electron chi connectivity index (χ2n) is 6.90. The molecule has 4 fully saturated rings. The predicted molar refractivity (Wildman–Crippen MR) is 88.2 cm³/mol. The number of hydrogen-bond donors (Lipinski definition) is 2. The monoisotopic (exact) mass is 351 g/mol. The van der Waals surface area contributed by atoms with E-state index in [9.17, 15) is 9.59 Å². The van der Waals surface area contributed by atoms with Gasteiger partial charge in [-0.15, -0.1) is 11.3 Å².